The van der Waals surface area contributed by atoms with Crippen LogP contribution in [-0.2, 0) is 4.79 Å². The van der Waals surface area contributed by atoms with Crippen LogP contribution in [-0.4, -0.2) is 21.8 Å². The van der Waals surface area contributed by atoms with Crippen molar-refractivity contribution in [3.8, 4) is 0 Å². The van der Waals surface area contributed by atoms with Crippen molar-refractivity contribution in [3.05, 3.63) is 0 Å². The summed E-state index contributed by atoms with van der Waals surface area (Å²) < 4.78 is 0. The predicted octanol–water partition coefficient (Wildman–Crippen LogP) is 2.43. The zero-order valence-corrected chi connectivity index (χ0v) is 9.92. The van der Waals surface area contributed by atoms with Crippen molar-refractivity contribution in [1.29, 1.82) is 0 Å². The van der Waals surface area contributed by atoms with Crippen LogP contribution >= 0.6 is 0 Å². The van der Waals surface area contributed by atoms with E-state index in [1.54, 1.807) is 0 Å². The molecule has 0 spiro atoms. The van der Waals surface area contributed by atoms with Gasteiger partial charge in [-0.05, 0) is 37.0 Å². The topological polar surface area (TPSA) is 57.5 Å². The number of hydrogen-bond acceptors (Lipinski definition) is 2. The Bertz CT molecular complexity index is 247. The van der Waals surface area contributed by atoms with E-state index in [-0.39, 0.29) is 17.8 Å². The molecule has 0 saturated heterocycles. The van der Waals surface area contributed by atoms with E-state index in [9.17, 15) is 9.90 Å². The summed E-state index contributed by atoms with van der Waals surface area (Å²) in [5.74, 6) is -0.624. The van der Waals surface area contributed by atoms with Gasteiger partial charge in [0.25, 0.3) is 0 Å². The Labute approximate surface area is 91.5 Å². The summed E-state index contributed by atoms with van der Waals surface area (Å²) in [6, 6.07) is 0. The average Bonchev–Trinajstić information content (AvgIpc) is 2.09. The summed E-state index contributed by atoms with van der Waals surface area (Å²) in [6.45, 7) is 6.45. The van der Waals surface area contributed by atoms with E-state index >= 15 is 0 Å². The highest BCUT2D eigenvalue weighted by molar-refractivity contribution is 5.66. The molecule has 15 heavy (non-hydrogen) atoms. The van der Waals surface area contributed by atoms with E-state index in [1.165, 1.54) is 0 Å². The van der Waals surface area contributed by atoms with Crippen molar-refractivity contribution in [2.24, 2.45) is 11.3 Å². The van der Waals surface area contributed by atoms with Crippen LogP contribution in [0.1, 0.15) is 52.9 Å². The van der Waals surface area contributed by atoms with Gasteiger partial charge < -0.3 is 10.2 Å². The lowest BCUT2D eigenvalue weighted by Crippen LogP contribution is -2.44. The molecule has 0 amide bonds. The Hall–Kier alpha value is -0.570. The average molecular weight is 214 g/mol. The zero-order chi connectivity index (χ0) is 11.7. The lowest BCUT2D eigenvalue weighted by Gasteiger charge is -2.45. The minimum absolute atomic E-state index is 0.0707. The van der Waals surface area contributed by atoms with E-state index in [1.807, 2.05) is 6.92 Å². The first-order valence-corrected chi connectivity index (χ1v) is 5.69. The molecule has 2 atom stereocenters. The minimum atomic E-state index is -0.819. The first kappa shape index (κ1) is 12.5. The molecule has 0 aromatic carbocycles. The van der Waals surface area contributed by atoms with Gasteiger partial charge in [0.2, 0.25) is 0 Å². The molecule has 0 aromatic heterocycles. The van der Waals surface area contributed by atoms with Crippen LogP contribution in [0.25, 0.3) is 0 Å². The summed E-state index contributed by atoms with van der Waals surface area (Å²) in [5.41, 5.74) is -0.469. The molecule has 1 rings (SSSR count). The fraction of sp³-hybridized carbons (Fsp3) is 0.917. The normalized spacial score (nSPS) is 35.1. The number of carboxylic acid groups (broad SMARTS) is 1. The van der Waals surface area contributed by atoms with Crippen LogP contribution in [0.3, 0.4) is 0 Å². The van der Waals surface area contributed by atoms with Gasteiger partial charge in [-0.1, -0.05) is 20.8 Å². The molecule has 3 nitrogen and oxygen atoms in total. The van der Waals surface area contributed by atoms with Gasteiger partial charge in [-0.25, -0.2) is 0 Å². The molecule has 0 heterocycles. The molecule has 3 heteroatoms. The van der Waals surface area contributed by atoms with Crippen LogP contribution < -0.4 is 0 Å². The summed E-state index contributed by atoms with van der Waals surface area (Å²) in [6.07, 6.45) is 3.14. The second-order valence-electron chi connectivity index (χ2n) is 5.77. The van der Waals surface area contributed by atoms with Crippen LogP contribution in [0, 0.1) is 11.3 Å². The molecular weight excluding hydrogens is 192 g/mol. The number of carbonyl (C=O) groups is 1. The monoisotopic (exact) mass is 214 g/mol. The molecule has 0 radical (unpaired) electrons. The molecular formula is C12H22O3. The van der Waals surface area contributed by atoms with Crippen LogP contribution in [0.15, 0.2) is 0 Å². The van der Waals surface area contributed by atoms with E-state index in [4.69, 9.17) is 5.11 Å². The Balaban J connectivity index is 2.58. The summed E-state index contributed by atoms with van der Waals surface area (Å²) in [4.78, 5) is 10.5. The molecule has 0 bridgehead atoms. The number of rotatable bonds is 3. The summed E-state index contributed by atoms with van der Waals surface area (Å²) in [7, 11) is 0. The van der Waals surface area contributed by atoms with Gasteiger partial charge >= 0.3 is 5.97 Å². The quantitative estimate of drug-likeness (QED) is 0.758. The fourth-order valence-corrected chi connectivity index (χ4v) is 2.62. The summed E-state index contributed by atoms with van der Waals surface area (Å²) in [5, 5.41) is 19.0. The van der Waals surface area contributed by atoms with E-state index in [2.05, 4.69) is 13.8 Å². The summed E-state index contributed by atoms with van der Waals surface area (Å²) >= 11 is 0. The number of aliphatic carboxylic acids is 1. The Morgan fingerprint density at radius 3 is 2.47 bits per heavy atom. The molecule has 2 N–H and O–H groups in total. The molecule has 0 aliphatic heterocycles. The lowest BCUT2D eigenvalue weighted by atomic mass is 9.64. The molecule has 1 aliphatic rings. The van der Waals surface area contributed by atoms with Crippen LogP contribution in [0.2, 0.25) is 0 Å². The maximum absolute atomic E-state index is 10.5. The molecule has 88 valence electrons. The Kier molecular flexibility index (Phi) is 3.44. The first-order chi connectivity index (χ1) is 6.75. The van der Waals surface area contributed by atoms with Crippen LogP contribution in [0.4, 0.5) is 0 Å². The minimum Gasteiger partial charge on any atom is -0.481 e. The van der Waals surface area contributed by atoms with E-state index < -0.39 is 11.6 Å². The van der Waals surface area contributed by atoms with E-state index in [0.29, 0.717) is 6.42 Å². The van der Waals surface area contributed by atoms with Gasteiger partial charge in [0.1, 0.15) is 0 Å². The maximum atomic E-state index is 10.5. The molecule has 1 aliphatic carbocycles. The highest BCUT2D eigenvalue weighted by Crippen LogP contribution is 2.45. The molecule has 1 saturated carbocycles. The molecule has 0 aromatic rings. The third-order valence-corrected chi connectivity index (χ3v) is 3.78. The largest absolute Gasteiger partial charge is 0.481 e. The fourth-order valence-electron chi connectivity index (χ4n) is 2.62. The van der Waals surface area contributed by atoms with Crippen molar-refractivity contribution in [2.75, 3.05) is 0 Å². The van der Waals surface area contributed by atoms with Crippen molar-refractivity contribution in [1.82, 2.24) is 0 Å². The number of aliphatic hydroxyl groups is 1. The second kappa shape index (κ2) is 4.12. The van der Waals surface area contributed by atoms with Crippen molar-refractivity contribution >= 4 is 5.97 Å². The van der Waals surface area contributed by atoms with Crippen molar-refractivity contribution < 1.29 is 15.0 Å². The third kappa shape index (κ3) is 3.20. The van der Waals surface area contributed by atoms with E-state index in [0.717, 1.165) is 19.3 Å². The van der Waals surface area contributed by atoms with Crippen LogP contribution in [0.5, 0.6) is 0 Å². The highest BCUT2D eigenvalue weighted by Gasteiger charge is 2.42. The van der Waals surface area contributed by atoms with Crippen molar-refractivity contribution in [3.63, 3.8) is 0 Å². The molecule has 1 fully saturated rings. The van der Waals surface area contributed by atoms with Gasteiger partial charge in [-0.2, -0.15) is 0 Å². The van der Waals surface area contributed by atoms with Gasteiger partial charge in [0.05, 0.1) is 5.60 Å². The maximum Gasteiger partial charge on any atom is 0.303 e. The number of carboxylic acids is 1. The lowest BCUT2D eigenvalue weighted by molar-refractivity contribution is -0.140. The SMILES string of the molecule is CC1CC(C)(C)CCC1(O)CCC(=O)O. The first-order valence-electron chi connectivity index (χ1n) is 5.69. The molecule has 2 unspecified atom stereocenters. The van der Waals surface area contributed by atoms with Gasteiger partial charge in [-0.3, -0.25) is 4.79 Å². The Morgan fingerprint density at radius 1 is 1.40 bits per heavy atom. The highest BCUT2D eigenvalue weighted by atomic mass is 16.4. The number of hydrogen-bond donors (Lipinski definition) is 2. The van der Waals surface area contributed by atoms with Gasteiger partial charge in [0.15, 0.2) is 0 Å². The predicted molar refractivity (Wildman–Crippen MR) is 58.6 cm³/mol. The third-order valence-electron chi connectivity index (χ3n) is 3.78. The van der Waals surface area contributed by atoms with Crippen molar-refractivity contribution in [2.45, 2.75) is 58.5 Å². The van der Waals surface area contributed by atoms with Gasteiger partial charge in [-0.15, -0.1) is 0 Å². The standard InChI is InChI=1S/C12H22O3/c1-9-8-11(2,3)6-7-12(9,15)5-4-10(13)14/h9,15H,4-8H2,1-3H3,(H,13,14). The Morgan fingerprint density at radius 2 is 2.00 bits per heavy atom. The van der Waals surface area contributed by atoms with Gasteiger partial charge in [0, 0.05) is 6.42 Å². The smallest absolute Gasteiger partial charge is 0.303 e. The zero-order valence-electron chi connectivity index (χ0n) is 9.92. The second-order valence-corrected chi connectivity index (χ2v) is 5.77.